The third-order valence-electron chi connectivity index (χ3n) is 3.28. The van der Waals surface area contributed by atoms with Crippen molar-refractivity contribution < 1.29 is 0 Å². The number of benzene rings is 1. The predicted octanol–water partition coefficient (Wildman–Crippen LogP) is 2.14. The molecule has 0 bridgehead atoms. The van der Waals surface area contributed by atoms with E-state index in [2.05, 4.69) is 59.6 Å². The Morgan fingerprint density at radius 3 is 2.53 bits per heavy atom. The van der Waals surface area contributed by atoms with Crippen LogP contribution in [0.25, 0.3) is 0 Å². The summed E-state index contributed by atoms with van der Waals surface area (Å²) in [5.74, 6) is 1.45. The maximum atomic E-state index is 4.33. The highest BCUT2D eigenvalue weighted by Crippen LogP contribution is 2.19. The molecule has 0 amide bonds. The Morgan fingerprint density at radius 2 is 1.95 bits per heavy atom. The molecule has 4 nitrogen and oxygen atoms in total. The lowest BCUT2D eigenvalue weighted by molar-refractivity contribution is 0.513. The summed E-state index contributed by atoms with van der Waals surface area (Å²) in [5, 5.41) is 7.66. The van der Waals surface area contributed by atoms with Crippen LogP contribution in [0.1, 0.15) is 31.2 Å². The monoisotopic (exact) mass is 258 g/mol. The Hall–Kier alpha value is -1.68. The number of aryl methyl sites for hydroxylation is 1. The standard InChI is InChI=1S/C15H22N4/c1-12(2)16-10-14(13-7-5-4-6-8-13)9-15-17-11-18-19(15)3/h4-8,11-12,14,16H,9-10H2,1-3H3. The van der Waals surface area contributed by atoms with Crippen LogP contribution in [0.15, 0.2) is 36.7 Å². The molecule has 0 radical (unpaired) electrons. The molecule has 0 fully saturated rings. The summed E-state index contributed by atoms with van der Waals surface area (Å²) in [4.78, 5) is 4.33. The van der Waals surface area contributed by atoms with Gasteiger partial charge >= 0.3 is 0 Å². The summed E-state index contributed by atoms with van der Waals surface area (Å²) in [6.07, 6.45) is 2.52. The fourth-order valence-electron chi connectivity index (χ4n) is 2.14. The van der Waals surface area contributed by atoms with E-state index in [1.165, 1.54) is 5.56 Å². The van der Waals surface area contributed by atoms with E-state index in [-0.39, 0.29) is 0 Å². The number of aromatic nitrogens is 3. The summed E-state index contributed by atoms with van der Waals surface area (Å²) in [6, 6.07) is 11.1. The summed E-state index contributed by atoms with van der Waals surface area (Å²) in [7, 11) is 1.94. The van der Waals surface area contributed by atoms with Gasteiger partial charge in [0, 0.05) is 32.0 Å². The molecule has 0 aliphatic carbocycles. The second kappa shape index (κ2) is 6.48. The SMILES string of the molecule is CC(C)NCC(Cc1ncnn1C)c1ccccc1. The second-order valence-electron chi connectivity index (χ2n) is 5.17. The van der Waals surface area contributed by atoms with Gasteiger partial charge in [-0.15, -0.1) is 0 Å². The molecule has 1 aromatic heterocycles. The second-order valence-corrected chi connectivity index (χ2v) is 5.17. The summed E-state index contributed by atoms with van der Waals surface area (Å²) in [5.41, 5.74) is 1.35. The predicted molar refractivity (Wildman–Crippen MR) is 77.0 cm³/mol. The molecule has 19 heavy (non-hydrogen) atoms. The first kappa shape index (κ1) is 13.7. The van der Waals surface area contributed by atoms with Crippen molar-refractivity contribution in [3.05, 3.63) is 48.0 Å². The number of nitrogens with one attached hydrogen (secondary N) is 1. The Bertz CT molecular complexity index is 490. The Balaban J connectivity index is 2.12. The number of rotatable bonds is 6. The molecular formula is C15H22N4. The van der Waals surface area contributed by atoms with E-state index in [0.29, 0.717) is 12.0 Å². The molecule has 0 saturated heterocycles. The molecule has 0 spiro atoms. The topological polar surface area (TPSA) is 42.7 Å². The van der Waals surface area contributed by atoms with Crippen molar-refractivity contribution >= 4 is 0 Å². The van der Waals surface area contributed by atoms with Crippen LogP contribution in [-0.4, -0.2) is 27.4 Å². The van der Waals surface area contributed by atoms with Gasteiger partial charge in [-0.3, -0.25) is 4.68 Å². The van der Waals surface area contributed by atoms with Gasteiger partial charge in [-0.25, -0.2) is 4.98 Å². The largest absolute Gasteiger partial charge is 0.314 e. The third-order valence-corrected chi connectivity index (χ3v) is 3.28. The minimum atomic E-state index is 0.423. The van der Waals surface area contributed by atoms with E-state index in [9.17, 15) is 0 Å². The fourth-order valence-corrected chi connectivity index (χ4v) is 2.14. The lowest BCUT2D eigenvalue weighted by atomic mass is 9.95. The maximum absolute atomic E-state index is 4.33. The lowest BCUT2D eigenvalue weighted by Gasteiger charge is -2.19. The van der Waals surface area contributed by atoms with Crippen LogP contribution in [-0.2, 0) is 13.5 Å². The average molecular weight is 258 g/mol. The molecule has 2 rings (SSSR count). The van der Waals surface area contributed by atoms with Crippen LogP contribution < -0.4 is 5.32 Å². The van der Waals surface area contributed by atoms with Crippen LogP contribution in [0.2, 0.25) is 0 Å². The van der Waals surface area contributed by atoms with E-state index in [4.69, 9.17) is 0 Å². The molecule has 0 aliphatic rings. The summed E-state index contributed by atoms with van der Waals surface area (Å²) >= 11 is 0. The normalized spacial score (nSPS) is 12.8. The van der Waals surface area contributed by atoms with Crippen molar-refractivity contribution in [3.63, 3.8) is 0 Å². The molecule has 1 heterocycles. The maximum Gasteiger partial charge on any atom is 0.138 e. The van der Waals surface area contributed by atoms with Crippen molar-refractivity contribution in [1.82, 2.24) is 20.1 Å². The van der Waals surface area contributed by atoms with Gasteiger partial charge < -0.3 is 5.32 Å². The van der Waals surface area contributed by atoms with Crippen molar-refractivity contribution in [1.29, 1.82) is 0 Å². The molecular weight excluding hydrogens is 236 g/mol. The van der Waals surface area contributed by atoms with Crippen molar-refractivity contribution in [2.75, 3.05) is 6.54 Å². The van der Waals surface area contributed by atoms with Crippen LogP contribution in [0.4, 0.5) is 0 Å². The van der Waals surface area contributed by atoms with E-state index in [0.717, 1.165) is 18.8 Å². The number of hydrogen-bond acceptors (Lipinski definition) is 3. The first-order valence-corrected chi connectivity index (χ1v) is 6.78. The fraction of sp³-hybridized carbons (Fsp3) is 0.467. The van der Waals surface area contributed by atoms with Gasteiger partial charge in [0.1, 0.15) is 12.2 Å². The molecule has 1 aromatic carbocycles. The highest BCUT2D eigenvalue weighted by atomic mass is 15.3. The molecule has 1 N–H and O–H groups in total. The average Bonchev–Trinajstić information content (AvgIpc) is 2.81. The number of hydrogen-bond donors (Lipinski definition) is 1. The molecule has 4 heteroatoms. The van der Waals surface area contributed by atoms with Crippen LogP contribution in [0, 0.1) is 0 Å². The molecule has 102 valence electrons. The van der Waals surface area contributed by atoms with Gasteiger partial charge in [0.15, 0.2) is 0 Å². The summed E-state index contributed by atoms with van der Waals surface area (Å²) < 4.78 is 1.85. The van der Waals surface area contributed by atoms with E-state index in [1.54, 1.807) is 6.33 Å². The Kier molecular flexibility index (Phi) is 4.68. The molecule has 1 unspecified atom stereocenters. The molecule has 0 saturated carbocycles. The third kappa shape index (κ3) is 3.89. The quantitative estimate of drug-likeness (QED) is 0.863. The van der Waals surface area contributed by atoms with Gasteiger partial charge in [0.2, 0.25) is 0 Å². The molecule has 2 aromatic rings. The van der Waals surface area contributed by atoms with E-state index < -0.39 is 0 Å². The van der Waals surface area contributed by atoms with Crippen LogP contribution >= 0.6 is 0 Å². The zero-order valence-electron chi connectivity index (χ0n) is 11.9. The zero-order chi connectivity index (χ0) is 13.7. The molecule has 0 aliphatic heterocycles. The molecule has 1 atom stereocenters. The Morgan fingerprint density at radius 1 is 1.21 bits per heavy atom. The summed E-state index contributed by atoms with van der Waals surface area (Å²) in [6.45, 7) is 5.29. The first-order chi connectivity index (χ1) is 9.16. The van der Waals surface area contributed by atoms with Gasteiger partial charge in [-0.05, 0) is 5.56 Å². The first-order valence-electron chi connectivity index (χ1n) is 6.78. The van der Waals surface area contributed by atoms with Crippen LogP contribution in [0.3, 0.4) is 0 Å². The van der Waals surface area contributed by atoms with Gasteiger partial charge in [0.25, 0.3) is 0 Å². The van der Waals surface area contributed by atoms with Crippen molar-refractivity contribution in [2.24, 2.45) is 7.05 Å². The highest BCUT2D eigenvalue weighted by Gasteiger charge is 2.15. The number of nitrogens with zero attached hydrogens (tertiary/aromatic N) is 3. The minimum Gasteiger partial charge on any atom is -0.314 e. The van der Waals surface area contributed by atoms with E-state index in [1.807, 2.05) is 11.7 Å². The van der Waals surface area contributed by atoms with Crippen LogP contribution in [0.5, 0.6) is 0 Å². The minimum absolute atomic E-state index is 0.423. The highest BCUT2D eigenvalue weighted by molar-refractivity contribution is 5.21. The van der Waals surface area contributed by atoms with Gasteiger partial charge in [-0.1, -0.05) is 44.2 Å². The smallest absolute Gasteiger partial charge is 0.138 e. The zero-order valence-corrected chi connectivity index (χ0v) is 11.9. The van der Waals surface area contributed by atoms with E-state index >= 15 is 0 Å². The van der Waals surface area contributed by atoms with Gasteiger partial charge in [0.05, 0.1) is 0 Å². The van der Waals surface area contributed by atoms with Crippen molar-refractivity contribution in [3.8, 4) is 0 Å². The van der Waals surface area contributed by atoms with Gasteiger partial charge in [-0.2, -0.15) is 5.10 Å². The lowest BCUT2D eigenvalue weighted by Crippen LogP contribution is -2.29. The Labute approximate surface area is 114 Å². The van der Waals surface area contributed by atoms with Crippen molar-refractivity contribution in [2.45, 2.75) is 32.2 Å².